The Hall–Kier alpha value is -2.49. The predicted molar refractivity (Wildman–Crippen MR) is 79.5 cm³/mol. The molecule has 1 aromatic carbocycles. The number of nitrogens with one attached hydrogen (secondary N) is 1. The van der Waals surface area contributed by atoms with E-state index >= 15 is 0 Å². The van der Waals surface area contributed by atoms with E-state index < -0.39 is 0 Å². The molecule has 0 aliphatic carbocycles. The number of carbonyl (C=O) groups is 1. The van der Waals surface area contributed by atoms with Crippen molar-refractivity contribution in [1.82, 2.24) is 10.4 Å². The van der Waals surface area contributed by atoms with Crippen LogP contribution in [0.1, 0.15) is 29.8 Å². The SMILES string of the molecule is CC(C)/C(=N/NC(=O)c1ccncc1)c1ccccc1. The van der Waals surface area contributed by atoms with Gasteiger partial charge in [-0.3, -0.25) is 9.78 Å². The fourth-order valence-corrected chi connectivity index (χ4v) is 1.81. The summed E-state index contributed by atoms with van der Waals surface area (Å²) >= 11 is 0. The number of hydrazone groups is 1. The van der Waals surface area contributed by atoms with Gasteiger partial charge in [-0.25, -0.2) is 5.43 Å². The Balaban J connectivity index is 2.17. The summed E-state index contributed by atoms with van der Waals surface area (Å²) in [5, 5.41) is 4.27. The lowest BCUT2D eigenvalue weighted by molar-refractivity contribution is 0.0954. The lowest BCUT2D eigenvalue weighted by atomic mass is 10.0. The van der Waals surface area contributed by atoms with Gasteiger partial charge in [0, 0.05) is 18.0 Å². The second-order valence-electron chi connectivity index (χ2n) is 4.69. The van der Waals surface area contributed by atoms with Gasteiger partial charge in [0.25, 0.3) is 5.91 Å². The minimum absolute atomic E-state index is 0.218. The Labute approximate surface area is 118 Å². The minimum Gasteiger partial charge on any atom is -0.267 e. The quantitative estimate of drug-likeness (QED) is 0.684. The fourth-order valence-electron chi connectivity index (χ4n) is 1.81. The van der Waals surface area contributed by atoms with Gasteiger partial charge >= 0.3 is 0 Å². The molecule has 0 spiro atoms. The van der Waals surface area contributed by atoms with Crippen molar-refractivity contribution < 1.29 is 4.79 Å². The smallest absolute Gasteiger partial charge is 0.267 e. The van der Waals surface area contributed by atoms with Crippen LogP contribution in [0.2, 0.25) is 0 Å². The molecule has 1 heterocycles. The molecule has 0 bridgehead atoms. The molecule has 0 fully saturated rings. The number of nitrogens with zero attached hydrogens (tertiary/aromatic N) is 2. The van der Waals surface area contributed by atoms with E-state index in [0.717, 1.165) is 11.3 Å². The van der Waals surface area contributed by atoms with Crippen LogP contribution in [-0.2, 0) is 0 Å². The number of rotatable bonds is 4. The molecule has 0 aliphatic rings. The van der Waals surface area contributed by atoms with Gasteiger partial charge < -0.3 is 0 Å². The molecule has 0 unspecified atom stereocenters. The number of aromatic nitrogens is 1. The second kappa shape index (κ2) is 6.61. The Morgan fingerprint density at radius 2 is 1.70 bits per heavy atom. The van der Waals surface area contributed by atoms with Crippen molar-refractivity contribution in [1.29, 1.82) is 0 Å². The highest BCUT2D eigenvalue weighted by Gasteiger charge is 2.10. The van der Waals surface area contributed by atoms with E-state index in [4.69, 9.17) is 0 Å². The van der Waals surface area contributed by atoms with Crippen LogP contribution in [0.25, 0.3) is 0 Å². The first-order valence-electron chi connectivity index (χ1n) is 6.52. The molecule has 4 nitrogen and oxygen atoms in total. The number of benzene rings is 1. The average Bonchev–Trinajstić information content (AvgIpc) is 2.49. The van der Waals surface area contributed by atoms with Crippen molar-refractivity contribution in [3.8, 4) is 0 Å². The van der Waals surface area contributed by atoms with Crippen LogP contribution >= 0.6 is 0 Å². The maximum absolute atomic E-state index is 12.0. The summed E-state index contributed by atoms with van der Waals surface area (Å²) in [6, 6.07) is 13.1. The first kappa shape index (κ1) is 13.9. The van der Waals surface area contributed by atoms with Crippen LogP contribution in [-0.4, -0.2) is 16.6 Å². The van der Waals surface area contributed by atoms with Crippen LogP contribution in [0.5, 0.6) is 0 Å². The third-order valence-corrected chi connectivity index (χ3v) is 2.84. The highest BCUT2D eigenvalue weighted by atomic mass is 16.2. The number of hydrogen-bond donors (Lipinski definition) is 1. The topological polar surface area (TPSA) is 54.4 Å². The van der Waals surface area contributed by atoms with Crippen molar-refractivity contribution >= 4 is 11.6 Å². The van der Waals surface area contributed by atoms with E-state index in [0.29, 0.717) is 5.56 Å². The van der Waals surface area contributed by atoms with E-state index in [1.165, 1.54) is 0 Å². The van der Waals surface area contributed by atoms with Gasteiger partial charge in [-0.05, 0) is 23.6 Å². The molecular weight excluding hydrogens is 250 g/mol. The van der Waals surface area contributed by atoms with E-state index in [1.807, 2.05) is 44.2 Å². The van der Waals surface area contributed by atoms with E-state index in [1.54, 1.807) is 24.5 Å². The van der Waals surface area contributed by atoms with Gasteiger partial charge in [0.05, 0.1) is 5.71 Å². The summed E-state index contributed by atoms with van der Waals surface area (Å²) < 4.78 is 0. The Kier molecular flexibility index (Phi) is 4.60. The van der Waals surface area contributed by atoms with Gasteiger partial charge in [0.1, 0.15) is 0 Å². The summed E-state index contributed by atoms with van der Waals surface area (Å²) in [5.41, 5.74) is 5.01. The van der Waals surface area contributed by atoms with E-state index in [2.05, 4.69) is 15.5 Å². The molecule has 1 amide bonds. The predicted octanol–water partition coefficient (Wildman–Crippen LogP) is 2.87. The third-order valence-electron chi connectivity index (χ3n) is 2.84. The first-order chi connectivity index (χ1) is 9.68. The zero-order valence-electron chi connectivity index (χ0n) is 11.6. The van der Waals surface area contributed by atoms with Crippen molar-refractivity contribution in [2.24, 2.45) is 11.0 Å². The number of hydrogen-bond acceptors (Lipinski definition) is 3. The van der Waals surface area contributed by atoms with Gasteiger partial charge in [-0.15, -0.1) is 0 Å². The zero-order valence-corrected chi connectivity index (χ0v) is 11.6. The second-order valence-corrected chi connectivity index (χ2v) is 4.69. The Bertz CT molecular complexity index is 592. The lowest BCUT2D eigenvalue weighted by Crippen LogP contribution is -2.22. The molecule has 0 radical (unpaired) electrons. The summed E-state index contributed by atoms with van der Waals surface area (Å²) in [6.07, 6.45) is 3.17. The molecule has 2 rings (SSSR count). The van der Waals surface area contributed by atoms with Gasteiger partial charge in [-0.2, -0.15) is 5.10 Å². The van der Waals surface area contributed by atoms with Gasteiger partial charge in [0.15, 0.2) is 0 Å². The van der Waals surface area contributed by atoms with Crippen molar-refractivity contribution in [2.75, 3.05) is 0 Å². The highest BCUT2D eigenvalue weighted by Crippen LogP contribution is 2.09. The molecule has 0 aliphatic heterocycles. The molecule has 4 heteroatoms. The molecular formula is C16H17N3O. The summed E-state index contributed by atoms with van der Waals surface area (Å²) in [6.45, 7) is 4.09. The molecule has 102 valence electrons. The van der Waals surface area contributed by atoms with E-state index in [-0.39, 0.29) is 11.8 Å². The van der Waals surface area contributed by atoms with Crippen LogP contribution in [0, 0.1) is 5.92 Å². The maximum atomic E-state index is 12.0. The number of pyridine rings is 1. The van der Waals surface area contributed by atoms with Gasteiger partial charge in [-0.1, -0.05) is 44.2 Å². The Morgan fingerprint density at radius 3 is 2.30 bits per heavy atom. The third kappa shape index (κ3) is 3.51. The van der Waals surface area contributed by atoms with Crippen LogP contribution in [0.15, 0.2) is 60.0 Å². The van der Waals surface area contributed by atoms with Crippen molar-refractivity contribution in [2.45, 2.75) is 13.8 Å². The normalized spacial score (nSPS) is 11.4. The largest absolute Gasteiger partial charge is 0.271 e. The number of amides is 1. The lowest BCUT2D eigenvalue weighted by Gasteiger charge is -2.10. The fraction of sp³-hybridized carbons (Fsp3) is 0.188. The maximum Gasteiger partial charge on any atom is 0.271 e. The van der Waals surface area contributed by atoms with Gasteiger partial charge in [0.2, 0.25) is 0 Å². The minimum atomic E-state index is -0.235. The molecule has 2 aromatic rings. The zero-order chi connectivity index (χ0) is 14.4. The summed E-state index contributed by atoms with van der Waals surface area (Å²) in [7, 11) is 0. The highest BCUT2D eigenvalue weighted by molar-refractivity contribution is 6.03. The standard InChI is InChI=1S/C16H17N3O/c1-12(2)15(13-6-4-3-5-7-13)18-19-16(20)14-8-10-17-11-9-14/h3-12H,1-2H3,(H,19,20)/b18-15-. The summed E-state index contributed by atoms with van der Waals surface area (Å²) in [4.78, 5) is 15.8. The molecule has 20 heavy (non-hydrogen) atoms. The van der Waals surface area contributed by atoms with Crippen molar-refractivity contribution in [3.05, 3.63) is 66.0 Å². The molecule has 0 atom stereocenters. The van der Waals surface area contributed by atoms with E-state index in [9.17, 15) is 4.79 Å². The average molecular weight is 267 g/mol. The first-order valence-corrected chi connectivity index (χ1v) is 6.52. The molecule has 0 saturated heterocycles. The van der Waals surface area contributed by atoms with Crippen molar-refractivity contribution in [3.63, 3.8) is 0 Å². The Morgan fingerprint density at radius 1 is 1.05 bits per heavy atom. The van der Waals surface area contributed by atoms with Crippen LogP contribution < -0.4 is 5.43 Å². The number of carbonyl (C=O) groups excluding carboxylic acids is 1. The summed E-state index contributed by atoms with van der Waals surface area (Å²) in [5.74, 6) is -0.0170. The molecule has 1 aromatic heterocycles. The molecule has 1 N–H and O–H groups in total. The monoisotopic (exact) mass is 267 g/mol. The van der Waals surface area contributed by atoms with Crippen LogP contribution in [0.3, 0.4) is 0 Å². The molecule has 0 saturated carbocycles. The van der Waals surface area contributed by atoms with Crippen LogP contribution in [0.4, 0.5) is 0 Å².